The van der Waals surface area contributed by atoms with Gasteiger partial charge in [-0.3, -0.25) is 0 Å². The molecule has 12 heavy (non-hydrogen) atoms. The van der Waals surface area contributed by atoms with Crippen LogP contribution in [0.5, 0.6) is 0 Å². The maximum atomic E-state index is 4.47. The Balaban J connectivity index is 2.81. The number of imidazole rings is 1. The molecule has 0 unspecified atom stereocenters. The van der Waals surface area contributed by atoms with Crippen LogP contribution in [0.25, 0.3) is 11.0 Å². The average Bonchev–Trinajstić information content (AvgIpc) is 2.40. The topological polar surface area (TPSA) is 17.8 Å². The van der Waals surface area contributed by atoms with Gasteiger partial charge >= 0.3 is 82.2 Å². The third kappa shape index (κ3) is 1.12. The van der Waals surface area contributed by atoms with Crippen LogP contribution in [-0.4, -0.2) is 12.7 Å². The molecule has 0 saturated carbocycles. The summed E-state index contributed by atoms with van der Waals surface area (Å²) >= 11 is 0.0772. The van der Waals surface area contributed by atoms with Gasteiger partial charge in [0.2, 0.25) is 0 Å². The summed E-state index contributed by atoms with van der Waals surface area (Å²) in [5.41, 5.74) is 2.40. The van der Waals surface area contributed by atoms with Gasteiger partial charge in [-0.15, -0.1) is 0 Å². The predicted octanol–water partition coefficient (Wildman–Crippen LogP) is -1.17. The number of aryl methyl sites for hydroxylation is 1. The molecule has 0 aliphatic rings. The number of benzene rings is 1. The minimum absolute atomic E-state index is 0.0772. The second-order valence-electron chi connectivity index (χ2n) is 2.60. The molecule has 0 radical (unpaired) electrons. The zero-order valence-corrected chi connectivity index (χ0v) is 9.24. The molecule has 64 valence electrons. The molecule has 1 aromatic heterocycles. The summed E-state index contributed by atoms with van der Waals surface area (Å²) in [4.78, 5) is 6.72. The number of hydrogen-bond acceptors (Lipinski definition) is 1. The Bertz CT molecular complexity index is 406. The molecule has 2 nitrogen and oxygen atoms in total. The Morgan fingerprint density at radius 1 is 1.33 bits per heavy atom. The SMILES string of the molecule is C[I-]n1c(C)nc2ccccc21. The van der Waals surface area contributed by atoms with E-state index in [4.69, 9.17) is 0 Å². The van der Waals surface area contributed by atoms with Crippen LogP contribution >= 0.6 is 0 Å². The van der Waals surface area contributed by atoms with Crippen molar-refractivity contribution in [3.8, 4) is 0 Å². The van der Waals surface area contributed by atoms with Crippen molar-refractivity contribution in [1.82, 2.24) is 7.76 Å². The molecule has 0 N–H and O–H groups in total. The first-order valence-electron chi connectivity index (χ1n) is 3.77. The second kappa shape index (κ2) is 3.05. The van der Waals surface area contributed by atoms with Crippen LogP contribution in [0.2, 0.25) is 0 Å². The first-order chi connectivity index (χ1) is 5.83. The van der Waals surface area contributed by atoms with E-state index in [1.807, 2.05) is 6.07 Å². The number of para-hydroxylation sites is 2. The summed E-state index contributed by atoms with van der Waals surface area (Å²) in [5, 5.41) is 0. The van der Waals surface area contributed by atoms with Crippen LogP contribution in [0.15, 0.2) is 24.3 Å². The number of aromatic nitrogens is 2. The van der Waals surface area contributed by atoms with Crippen LogP contribution in [-0.2, 0) is 0 Å². The van der Waals surface area contributed by atoms with Gasteiger partial charge in [0.1, 0.15) is 0 Å². The first kappa shape index (κ1) is 8.04. The number of nitrogens with zero attached hydrogens (tertiary/aromatic N) is 2. The van der Waals surface area contributed by atoms with Crippen molar-refractivity contribution in [2.75, 3.05) is 4.93 Å². The maximum absolute atomic E-state index is 4.47. The molecular formula is C9H10IN2-. The molecule has 0 saturated heterocycles. The van der Waals surface area contributed by atoms with Crippen molar-refractivity contribution in [2.45, 2.75) is 6.92 Å². The summed E-state index contributed by atoms with van der Waals surface area (Å²) in [6, 6.07) is 8.31. The molecule has 1 aromatic carbocycles. The fourth-order valence-corrected chi connectivity index (χ4v) is 3.06. The molecule has 1 heterocycles. The van der Waals surface area contributed by atoms with Gasteiger partial charge in [0.05, 0.1) is 0 Å². The van der Waals surface area contributed by atoms with Gasteiger partial charge in [-0.2, -0.15) is 0 Å². The summed E-state index contributed by atoms with van der Waals surface area (Å²) in [6.45, 7) is 2.07. The van der Waals surface area contributed by atoms with Crippen LogP contribution in [0.3, 0.4) is 0 Å². The first-order valence-corrected chi connectivity index (χ1v) is 6.89. The van der Waals surface area contributed by atoms with E-state index >= 15 is 0 Å². The van der Waals surface area contributed by atoms with Gasteiger partial charge in [-0.1, -0.05) is 0 Å². The molecule has 2 rings (SSSR count). The summed E-state index contributed by atoms with van der Waals surface area (Å²) < 4.78 is 2.33. The molecule has 0 aliphatic carbocycles. The molecule has 0 amide bonds. The summed E-state index contributed by atoms with van der Waals surface area (Å²) in [7, 11) is 0. The van der Waals surface area contributed by atoms with E-state index in [2.05, 4.69) is 37.8 Å². The van der Waals surface area contributed by atoms with E-state index in [9.17, 15) is 0 Å². The third-order valence-electron chi connectivity index (χ3n) is 1.83. The Morgan fingerprint density at radius 3 is 2.83 bits per heavy atom. The predicted molar refractivity (Wildman–Crippen MR) is 45.8 cm³/mol. The normalized spacial score (nSPS) is 11.2. The molecule has 0 bridgehead atoms. The standard InChI is InChI=1S/C9H10IN2/c1-7-11-8-5-3-4-6-9(8)12(7)10-2/h3-6H,1-2H3/q-1. The van der Waals surface area contributed by atoms with Crippen LogP contribution in [0.1, 0.15) is 5.82 Å². The summed E-state index contributed by atoms with van der Waals surface area (Å²) in [6.07, 6.45) is 0. The Labute approximate surface area is 82.2 Å². The third-order valence-corrected chi connectivity index (χ3v) is 4.01. The Morgan fingerprint density at radius 2 is 2.08 bits per heavy atom. The van der Waals surface area contributed by atoms with Gasteiger partial charge in [0.15, 0.2) is 0 Å². The van der Waals surface area contributed by atoms with Crippen molar-refractivity contribution in [3.63, 3.8) is 0 Å². The fraction of sp³-hybridized carbons (Fsp3) is 0.222. The quantitative estimate of drug-likeness (QED) is 0.473. The van der Waals surface area contributed by atoms with Crippen molar-refractivity contribution in [3.05, 3.63) is 30.1 Å². The molecule has 0 fully saturated rings. The van der Waals surface area contributed by atoms with Crippen molar-refractivity contribution in [2.24, 2.45) is 0 Å². The molecular weight excluding hydrogens is 263 g/mol. The van der Waals surface area contributed by atoms with E-state index < -0.39 is 0 Å². The average molecular weight is 273 g/mol. The van der Waals surface area contributed by atoms with Gasteiger partial charge in [0, 0.05) is 0 Å². The van der Waals surface area contributed by atoms with Gasteiger partial charge in [0.25, 0.3) is 0 Å². The van der Waals surface area contributed by atoms with Crippen molar-refractivity contribution in [1.29, 1.82) is 0 Å². The van der Waals surface area contributed by atoms with E-state index in [1.54, 1.807) is 0 Å². The number of halogens is 1. The number of rotatable bonds is 1. The van der Waals surface area contributed by atoms with Crippen LogP contribution in [0.4, 0.5) is 0 Å². The zero-order valence-electron chi connectivity index (χ0n) is 7.08. The summed E-state index contributed by atoms with van der Waals surface area (Å²) in [5.74, 6) is 1.14. The van der Waals surface area contributed by atoms with E-state index in [0.29, 0.717) is 0 Å². The van der Waals surface area contributed by atoms with Crippen molar-refractivity contribution >= 4 is 11.0 Å². The monoisotopic (exact) mass is 273 g/mol. The molecule has 2 aromatic rings. The van der Waals surface area contributed by atoms with E-state index in [0.717, 1.165) is 11.3 Å². The van der Waals surface area contributed by atoms with Crippen molar-refractivity contribution < 1.29 is 21.5 Å². The van der Waals surface area contributed by atoms with Gasteiger partial charge in [-0.25, -0.2) is 0 Å². The molecule has 0 atom stereocenters. The molecule has 0 aliphatic heterocycles. The second-order valence-corrected chi connectivity index (χ2v) is 4.53. The molecule has 3 heteroatoms. The Kier molecular flexibility index (Phi) is 2.04. The van der Waals surface area contributed by atoms with Gasteiger partial charge < -0.3 is 0 Å². The van der Waals surface area contributed by atoms with Crippen LogP contribution in [0, 0.1) is 6.92 Å². The van der Waals surface area contributed by atoms with Crippen LogP contribution < -0.4 is 21.5 Å². The molecule has 0 spiro atoms. The Hall–Kier alpha value is -0.580. The number of hydrogen-bond donors (Lipinski definition) is 0. The number of alkyl halides is 1. The zero-order chi connectivity index (χ0) is 8.55. The number of fused-ring (bicyclic) bond motifs is 1. The van der Waals surface area contributed by atoms with Gasteiger partial charge in [-0.05, 0) is 0 Å². The van der Waals surface area contributed by atoms with E-state index in [-0.39, 0.29) is 21.5 Å². The minimum atomic E-state index is 0.0772. The fourth-order valence-electron chi connectivity index (χ4n) is 1.33. The van der Waals surface area contributed by atoms with E-state index in [1.165, 1.54) is 5.52 Å².